The lowest BCUT2D eigenvalue weighted by atomic mass is 9.94. The van der Waals surface area contributed by atoms with Gasteiger partial charge in [-0.25, -0.2) is 4.79 Å². The number of nitro benzene ring substituents is 1. The summed E-state index contributed by atoms with van der Waals surface area (Å²) in [6.07, 6.45) is 2.72. The molecule has 2 N–H and O–H groups in total. The zero-order chi connectivity index (χ0) is 15.4. The van der Waals surface area contributed by atoms with Gasteiger partial charge >= 0.3 is 5.97 Å². The summed E-state index contributed by atoms with van der Waals surface area (Å²) in [5.41, 5.74) is -0.00223. The number of carboxylic acids is 1. The molecule has 1 aliphatic heterocycles. The average Bonchev–Trinajstić information content (AvgIpc) is 2.47. The largest absolute Gasteiger partial charge is 0.477 e. The van der Waals surface area contributed by atoms with E-state index in [0.29, 0.717) is 11.6 Å². The normalized spacial score (nSPS) is 18.5. The maximum atomic E-state index is 11.2. The van der Waals surface area contributed by atoms with Crippen LogP contribution in [0.25, 0.3) is 0 Å². The number of carbonyl (C=O) groups is 1. The van der Waals surface area contributed by atoms with Crippen LogP contribution in [-0.4, -0.2) is 40.8 Å². The lowest BCUT2D eigenvalue weighted by Gasteiger charge is -2.34. The Bertz CT molecular complexity index is 544. The molecule has 0 bridgehead atoms. The summed E-state index contributed by atoms with van der Waals surface area (Å²) >= 11 is 0. The van der Waals surface area contributed by atoms with Gasteiger partial charge in [-0.1, -0.05) is 0 Å². The highest BCUT2D eigenvalue weighted by molar-refractivity contribution is 5.93. The van der Waals surface area contributed by atoms with Gasteiger partial charge < -0.3 is 15.1 Å². The van der Waals surface area contributed by atoms with E-state index >= 15 is 0 Å². The summed E-state index contributed by atoms with van der Waals surface area (Å²) < 4.78 is 0. The number of aliphatic hydroxyl groups excluding tert-OH is 1. The van der Waals surface area contributed by atoms with E-state index in [-0.39, 0.29) is 12.2 Å². The highest BCUT2D eigenvalue weighted by Gasteiger charge is 2.24. The maximum Gasteiger partial charge on any atom is 0.342 e. The Morgan fingerprint density at radius 2 is 2.24 bits per heavy atom. The van der Waals surface area contributed by atoms with Crippen molar-refractivity contribution in [2.24, 2.45) is 5.92 Å². The Balaban J connectivity index is 2.25. The Morgan fingerprint density at radius 3 is 2.86 bits per heavy atom. The van der Waals surface area contributed by atoms with Crippen LogP contribution in [0.3, 0.4) is 0 Å². The van der Waals surface area contributed by atoms with Crippen LogP contribution < -0.4 is 4.90 Å². The predicted octanol–water partition coefficient (Wildman–Crippen LogP) is 1.89. The van der Waals surface area contributed by atoms with Crippen molar-refractivity contribution in [3.8, 4) is 0 Å². The van der Waals surface area contributed by atoms with Gasteiger partial charge in [-0.05, 0) is 37.3 Å². The number of piperidine rings is 1. The summed E-state index contributed by atoms with van der Waals surface area (Å²) in [7, 11) is 0. The SMILES string of the molecule is O=C(O)c1cc(N2CCCC(CCO)C2)ccc1[N+](=O)[O-]. The number of rotatable bonds is 5. The van der Waals surface area contributed by atoms with Crippen molar-refractivity contribution in [2.45, 2.75) is 19.3 Å². The molecule has 0 spiro atoms. The Kier molecular flexibility index (Phi) is 4.74. The highest BCUT2D eigenvalue weighted by atomic mass is 16.6. The van der Waals surface area contributed by atoms with Crippen molar-refractivity contribution in [1.82, 2.24) is 0 Å². The fraction of sp³-hybridized carbons (Fsp3) is 0.500. The average molecular weight is 294 g/mol. The van der Waals surface area contributed by atoms with Gasteiger partial charge in [0.25, 0.3) is 5.69 Å². The number of hydrogen-bond donors (Lipinski definition) is 2. The number of aliphatic hydroxyl groups is 1. The minimum Gasteiger partial charge on any atom is -0.477 e. The number of nitro groups is 1. The number of anilines is 1. The Labute approximate surface area is 122 Å². The van der Waals surface area contributed by atoms with Crippen molar-refractivity contribution in [2.75, 3.05) is 24.6 Å². The van der Waals surface area contributed by atoms with E-state index < -0.39 is 16.6 Å². The van der Waals surface area contributed by atoms with Crippen LogP contribution in [0.1, 0.15) is 29.6 Å². The van der Waals surface area contributed by atoms with Crippen LogP contribution in [0.2, 0.25) is 0 Å². The summed E-state index contributed by atoms with van der Waals surface area (Å²) in [4.78, 5) is 23.4. The first-order valence-corrected chi connectivity index (χ1v) is 6.90. The van der Waals surface area contributed by atoms with Crippen molar-refractivity contribution in [3.63, 3.8) is 0 Å². The molecule has 0 amide bonds. The summed E-state index contributed by atoms with van der Waals surface area (Å²) in [5, 5.41) is 29.0. The number of nitrogens with zero attached hydrogens (tertiary/aromatic N) is 2. The third kappa shape index (κ3) is 3.49. The minimum atomic E-state index is -1.30. The Morgan fingerprint density at radius 1 is 1.48 bits per heavy atom. The van der Waals surface area contributed by atoms with Crippen LogP contribution in [-0.2, 0) is 0 Å². The molecule has 1 aromatic rings. The molecule has 0 saturated carbocycles. The molecule has 1 atom stereocenters. The zero-order valence-corrected chi connectivity index (χ0v) is 11.6. The Hall–Kier alpha value is -2.15. The van der Waals surface area contributed by atoms with Crippen LogP contribution in [0, 0.1) is 16.0 Å². The molecule has 1 heterocycles. The molecule has 0 aromatic heterocycles. The predicted molar refractivity (Wildman–Crippen MR) is 76.7 cm³/mol. The fourth-order valence-corrected chi connectivity index (χ4v) is 2.77. The molecule has 0 aliphatic carbocycles. The lowest BCUT2D eigenvalue weighted by molar-refractivity contribution is -0.385. The van der Waals surface area contributed by atoms with Crippen molar-refractivity contribution >= 4 is 17.3 Å². The number of carboxylic acid groups (broad SMARTS) is 1. The molecule has 1 saturated heterocycles. The van der Waals surface area contributed by atoms with Gasteiger partial charge in [0.1, 0.15) is 5.56 Å². The minimum absolute atomic E-state index is 0.138. The molecule has 21 heavy (non-hydrogen) atoms. The van der Waals surface area contributed by atoms with Gasteiger partial charge in [0.05, 0.1) is 4.92 Å². The van der Waals surface area contributed by atoms with Crippen molar-refractivity contribution in [3.05, 3.63) is 33.9 Å². The van der Waals surface area contributed by atoms with Crippen LogP contribution in [0.15, 0.2) is 18.2 Å². The van der Waals surface area contributed by atoms with Gasteiger partial charge in [-0.3, -0.25) is 10.1 Å². The molecule has 1 aromatic carbocycles. The monoisotopic (exact) mass is 294 g/mol. The second-order valence-electron chi connectivity index (χ2n) is 5.23. The molecule has 2 rings (SSSR count). The van der Waals surface area contributed by atoms with Crippen LogP contribution >= 0.6 is 0 Å². The fourth-order valence-electron chi connectivity index (χ4n) is 2.77. The summed E-state index contributed by atoms with van der Waals surface area (Å²) in [5.74, 6) is -0.931. The van der Waals surface area contributed by atoms with E-state index in [1.165, 1.54) is 12.1 Å². The van der Waals surface area contributed by atoms with Gasteiger partial charge in [0, 0.05) is 31.5 Å². The first kappa shape index (κ1) is 15.2. The quantitative estimate of drug-likeness (QED) is 0.635. The molecule has 114 valence electrons. The number of hydrogen-bond acceptors (Lipinski definition) is 5. The van der Waals surface area contributed by atoms with Gasteiger partial charge in [-0.15, -0.1) is 0 Å². The molecule has 7 nitrogen and oxygen atoms in total. The summed E-state index contributed by atoms with van der Waals surface area (Å²) in [6.45, 7) is 1.66. The molecule has 7 heteroatoms. The van der Waals surface area contributed by atoms with Crippen molar-refractivity contribution in [1.29, 1.82) is 0 Å². The van der Waals surface area contributed by atoms with E-state index in [9.17, 15) is 14.9 Å². The summed E-state index contributed by atoms with van der Waals surface area (Å²) in [6, 6.07) is 4.20. The van der Waals surface area contributed by atoms with Crippen molar-refractivity contribution < 1.29 is 19.9 Å². The first-order chi connectivity index (χ1) is 10.0. The molecule has 1 aliphatic rings. The maximum absolute atomic E-state index is 11.2. The van der Waals surface area contributed by atoms with Gasteiger partial charge in [-0.2, -0.15) is 0 Å². The zero-order valence-electron chi connectivity index (χ0n) is 11.6. The van der Waals surface area contributed by atoms with Gasteiger partial charge in [0.2, 0.25) is 0 Å². The third-order valence-electron chi connectivity index (χ3n) is 3.83. The van der Waals surface area contributed by atoms with E-state index in [1.54, 1.807) is 6.07 Å². The highest BCUT2D eigenvalue weighted by Crippen LogP contribution is 2.29. The second-order valence-corrected chi connectivity index (χ2v) is 5.23. The lowest BCUT2D eigenvalue weighted by Crippen LogP contribution is -2.35. The second kappa shape index (κ2) is 6.53. The van der Waals surface area contributed by atoms with E-state index in [0.717, 1.165) is 32.4 Å². The molecular formula is C14H18N2O5. The van der Waals surface area contributed by atoms with Gasteiger partial charge in [0.15, 0.2) is 0 Å². The number of benzene rings is 1. The van der Waals surface area contributed by atoms with E-state index in [2.05, 4.69) is 0 Å². The smallest absolute Gasteiger partial charge is 0.342 e. The number of aromatic carboxylic acids is 1. The topological polar surface area (TPSA) is 104 Å². The van der Waals surface area contributed by atoms with Crippen LogP contribution in [0.4, 0.5) is 11.4 Å². The molecule has 1 fully saturated rings. The van der Waals surface area contributed by atoms with Crippen LogP contribution in [0.5, 0.6) is 0 Å². The molecule has 0 radical (unpaired) electrons. The van der Waals surface area contributed by atoms with E-state index in [4.69, 9.17) is 10.2 Å². The third-order valence-corrected chi connectivity index (χ3v) is 3.83. The van der Waals surface area contributed by atoms with E-state index in [1.807, 2.05) is 4.90 Å². The standard InChI is InChI=1S/C14H18N2O5/c17-7-5-10-2-1-6-15(9-10)11-3-4-13(16(20)21)12(8-11)14(18)19/h3-4,8,10,17H,1-2,5-7,9H2,(H,18,19). The molecule has 1 unspecified atom stereocenters. The molecular weight excluding hydrogens is 276 g/mol. The first-order valence-electron chi connectivity index (χ1n) is 6.90.